The lowest BCUT2D eigenvalue weighted by Crippen LogP contribution is -2.43. The van der Waals surface area contributed by atoms with E-state index < -0.39 is 0 Å². The second-order valence-corrected chi connectivity index (χ2v) is 10.2. The second kappa shape index (κ2) is 13.7. The highest BCUT2D eigenvalue weighted by molar-refractivity contribution is 5.95. The first kappa shape index (κ1) is 28.1. The number of hydrogen-bond donors (Lipinski definition) is 2. The molecule has 0 saturated carbocycles. The molecule has 216 valence electrons. The van der Waals surface area contributed by atoms with Crippen molar-refractivity contribution in [2.45, 2.75) is 12.6 Å². The summed E-state index contributed by atoms with van der Waals surface area (Å²) < 4.78 is 11.5. The first-order valence-electron chi connectivity index (χ1n) is 14.4. The van der Waals surface area contributed by atoms with E-state index in [9.17, 15) is 4.79 Å². The van der Waals surface area contributed by atoms with Crippen LogP contribution in [0.3, 0.4) is 0 Å². The zero-order valence-electron chi connectivity index (χ0n) is 23.7. The molecule has 6 rings (SSSR count). The van der Waals surface area contributed by atoms with Crippen LogP contribution in [0.5, 0.6) is 5.75 Å². The second-order valence-electron chi connectivity index (χ2n) is 10.2. The van der Waals surface area contributed by atoms with Crippen LogP contribution < -0.4 is 15.4 Å². The highest BCUT2D eigenvalue weighted by atomic mass is 16.5. The molecule has 0 aliphatic carbocycles. The highest BCUT2D eigenvalue weighted by Crippen LogP contribution is 2.26. The molecule has 4 aromatic carbocycles. The van der Waals surface area contributed by atoms with Gasteiger partial charge in [-0.15, -0.1) is 0 Å². The number of rotatable bonds is 10. The number of nitrogens with one attached hydrogen (secondary N) is 2. The van der Waals surface area contributed by atoms with E-state index >= 15 is 0 Å². The third-order valence-corrected chi connectivity index (χ3v) is 7.22. The standard InChI is InChI=1S/C35H33N5O3/c41-34(33(28-10-5-2-6-11-28)40-20-22-42-23-21-40)37-29-16-14-27(15-17-29)32-18-19-36-35(39-32)38-30-12-7-13-31(24-30)43-25-26-8-3-1-4-9-26/h1-19,24,33H,20-23,25H2,(H,37,41)(H,36,38,39). The van der Waals surface area contributed by atoms with Gasteiger partial charge in [-0.25, -0.2) is 9.97 Å². The summed E-state index contributed by atoms with van der Waals surface area (Å²) in [7, 11) is 0. The molecule has 1 saturated heterocycles. The molecular weight excluding hydrogens is 538 g/mol. The highest BCUT2D eigenvalue weighted by Gasteiger charge is 2.29. The van der Waals surface area contributed by atoms with Gasteiger partial charge in [0.1, 0.15) is 18.4 Å². The van der Waals surface area contributed by atoms with Gasteiger partial charge in [0.25, 0.3) is 0 Å². The SMILES string of the molecule is O=C(Nc1ccc(-c2ccnc(Nc3cccc(OCc4ccccc4)c3)n2)cc1)C(c1ccccc1)N1CCOCC1. The summed E-state index contributed by atoms with van der Waals surface area (Å²) in [5, 5.41) is 6.38. The summed E-state index contributed by atoms with van der Waals surface area (Å²) in [5.74, 6) is 1.17. The Morgan fingerprint density at radius 1 is 0.837 bits per heavy atom. The Morgan fingerprint density at radius 3 is 2.35 bits per heavy atom. The first-order valence-corrected chi connectivity index (χ1v) is 14.4. The van der Waals surface area contributed by atoms with Gasteiger partial charge in [-0.05, 0) is 41.5 Å². The van der Waals surface area contributed by atoms with Gasteiger partial charge in [0.15, 0.2) is 0 Å². The number of anilines is 3. The van der Waals surface area contributed by atoms with Crippen molar-refractivity contribution in [3.05, 3.63) is 133 Å². The Kier molecular flexibility index (Phi) is 8.98. The van der Waals surface area contributed by atoms with Crippen molar-refractivity contribution in [1.29, 1.82) is 0 Å². The maximum Gasteiger partial charge on any atom is 0.246 e. The molecule has 1 aliphatic rings. The first-order chi connectivity index (χ1) is 21.2. The average Bonchev–Trinajstić information content (AvgIpc) is 3.06. The average molecular weight is 572 g/mol. The van der Waals surface area contributed by atoms with Crippen LogP contribution in [0.25, 0.3) is 11.3 Å². The van der Waals surface area contributed by atoms with Crippen LogP contribution in [0.15, 0.2) is 121 Å². The summed E-state index contributed by atoms with van der Waals surface area (Å²) in [6, 6.07) is 36.9. The van der Waals surface area contributed by atoms with E-state index in [-0.39, 0.29) is 11.9 Å². The Hall–Kier alpha value is -5.05. The third-order valence-electron chi connectivity index (χ3n) is 7.22. The largest absolute Gasteiger partial charge is 0.489 e. The normalized spacial score (nSPS) is 14.0. The van der Waals surface area contributed by atoms with E-state index in [4.69, 9.17) is 14.5 Å². The summed E-state index contributed by atoms with van der Waals surface area (Å²) in [6.07, 6.45) is 1.73. The van der Waals surface area contributed by atoms with Crippen molar-refractivity contribution in [3.63, 3.8) is 0 Å². The molecule has 2 heterocycles. The number of ether oxygens (including phenoxy) is 2. The molecule has 1 aliphatic heterocycles. The molecule has 43 heavy (non-hydrogen) atoms. The van der Waals surface area contributed by atoms with Crippen molar-refractivity contribution < 1.29 is 14.3 Å². The van der Waals surface area contributed by atoms with Crippen molar-refractivity contribution in [3.8, 4) is 17.0 Å². The fraction of sp³-hybridized carbons (Fsp3) is 0.171. The smallest absolute Gasteiger partial charge is 0.246 e. The van der Waals surface area contributed by atoms with Crippen molar-refractivity contribution in [2.75, 3.05) is 36.9 Å². The Labute approximate surface area is 251 Å². The fourth-order valence-electron chi connectivity index (χ4n) is 5.05. The van der Waals surface area contributed by atoms with Gasteiger partial charge >= 0.3 is 0 Å². The number of carbonyl (C=O) groups is 1. The van der Waals surface area contributed by atoms with Gasteiger partial charge in [0.05, 0.1) is 18.9 Å². The Balaban J connectivity index is 1.11. The minimum atomic E-state index is -0.387. The maximum atomic E-state index is 13.5. The van der Waals surface area contributed by atoms with E-state index in [2.05, 4.69) is 20.5 Å². The van der Waals surface area contributed by atoms with Crippen LogP contribution in [0.4, 0.5) is 17.3 Å². The fourth-order valence-corrected chi connectivity index (χ4v) is 5.05. The molecule has 8 nitrogen and oxygen atoms in total. The number of morpholine rings is 1. The monoisotopic (exact) mass is 571 g/mol. The van der Waals surface area contributed by atoms with Crippen LogP contribution in [-0.4, -0.2) is 47.1 Å². The van der Waals surface area contributed by atoms with Gasteiger partial charge in [-0.3, -0.25) is 9.69 Å². The van der Waals surface area contributed by atoms with E-state index in [1.807, 2.05) is 115 Å². The number of aromatic nitrogens is 2. The summed E-state index contributed by atoms with van der Waals surface area (Å²) in [4.78, 5) is 24.8. The van der Waals surface area contributed by atoms with E-state index in [1.165, 1.54) is 0 Å². The third kappa shape index (κ3) is 7.43. The predicted octanol–water partition coefficient (Wildman–Crippen LogP) is 6.48. The lowest BCUT2D eigenvalue weighted by Gasteiger charge is -2.33. The Bertz CT molecular complexity index is 1630. The zero-order chi connectivity index (χ0) is 29.3. The van der Waals surface area contributed by atoms with E-state index in [0.29, 0.717) is 38.9 Å². The summed E-state index contributed by atoms with van der Waals surface area (Å²) in [6.45, 7) is 3.15. The van der Waals surface area contributed by atoms with Gasteiger partial charge < -0.3 is 20.1 Å². The minimum absolute atomic E-state index is 0.0654. The summed E-state index contributed by atoms with van der Waals surface area (Å²) >= 11 is 0. The van der Waals surface area contributed by atoms with Crippen LogP contribution in [0, 0.1) is 0 Å². The molecule has 1 amide bonds. The van der Waals surface area contributed by atoms with E-state index in [1.54, 1.807) is 6.20 Å². The Morgan fingerprint density at radius 2 is 1.58 bits per heavy atom. The van der Waals surface area contributed by atoms with Crippen LogP contribution in [-0.2, 0) is 16.1 Å². The number of hydrogen-bond acceptors (Lipinski definition) is 7. The van der Waals surface area contributed by atoms with Gasteiger partial charge in [-0.1, -0.05) is 78.9 Å². The van der Waals surface area contributed by atoms with Crippen LogP contribution in [0.1, 0.15) is 17.2 Å². The number of benzene rings is 4. The molecule has 2 N–H and O–H groups in total. The van der Waals surface area contributed by atoms with Gasteiger partial charge in [0, 0.05) is 42.3 Å². The van der Waals surface area contributed by atoms with Gasteiger partial charge in [0.2, 0.25) is 11.9 Å². The lowest BCUT2D eigenvalue weighted by atomic mass is 10.0. The number of amides is 1. The molecule has 1 aromatic heterocycles. The van der Waals surface area contributed by atoms with Crippen molar-refractivity contribution in [2.24, 2.45) is 0 Å². The quantitative estimate of drug-likeness (QED) is 0.198. The minimum Gasteiger partial charge on any atom is -0.489 e. The predicted molar refractivity (Wildman–Crippen MR) is 168 cm³/mol. The molecule has 5 aromatic rings. The maximum absolute atomic E-state index is 13.5. The number of carbonyl (C=O) groups excluding carboxylic acids is 1. The van der Waals surface area contributed by atoms with Crippen molar-refractivity contribution >= 4 is 23.2 Å². The molecule has 0 bridgehead atoms. The van der Waals surface area contributed by atoms with E-state index in [0.717, 1.165) is 39.5 Å². The molecular formula is C35H33N5O3. The topological polar surface area (TPSA) is 88.6 Å². The molecule has 1 atom stereocenters. The summed E-state index contributed by atoms with van der Waals surface area (Å²) in [5.41, 5.74) is 5.30. The molecule has 1 fully saturated rings. The molecule has 1 unspecified atom stereocenters. The molecule has 0 radical (unpaired) electrons. The van der Waals surface area contributed by atoms with Gasteiger partial charge in [-0.2, -0.15) is 0 Å². The molecule has 0 spiro atoms. The van der Waals surface area contributed by atoms with Crippen molar-refractivity contribution in [1.82, 2.24) is 14.9 Å². The van der Waals surface area contributed by atoms with Crippen LogP contribution >= 0.6 is 0 Å². The van der Waals surface area contributed by atoms with Crippen LogP contribution in [0.2, 0.25) is 0 Å². The zero-order valence-corrected chi connectivity index (χ0v) is 23.7. The lowest BCUT2D eigenvalue weighted by molar-refractivity contribution is -0.123. The number of nitrogens with zero attached hydrogens (tertiary/aromatic N) is 3. The molecule has 8 heteroatoms.